The number of aromatic nitrogens is 2. The van der Waals surface area contributed by atoms with E-state index in [1.54, 1.807) is 25.4 Å². The van der Waals surface area contributed by atoms with Crippen molar-refractivity contribution in [2.45, 2.75) is 43.4 Å². The molecule has 134 valence electrons. The van der Waals surface area contributed by atoms with Crippen LogP contribution in [0.4, 0.5) is 5.95 Å². The first-order valence-electron chi connectivity index (χ1n) is 8.05. The summed E-state index contributed by atoms with van der Waals surface area (Å²) in [6, 6.07) is 1.23. The fraction of sp³-hybridized carbons (Fsp3) is 0.733. The van der Waals surface area contributed by atoms with E-state index in [2.05, 4.69) is 19.6 Å². The van der Waals surface area contributed by atoms with Gasteiger partial charge in [0, 0.05) is 25.5 Å². The van der Waals surface area contributed by atoms with Gasteiger partial charge in [0.2, 0.25) is 16.0 Å². The van der Waals surface area contributed by atoms with Gasteiger partial charge in [-0.1, -0.05) is 0 Å². The number of piperidine rings is 1. The number of hydrogen-bond donors (Lipinski definition) is 2. The minimum absolute atomic E-state index is 0.113. The lowest BCUT2D eigenvalue weighted by Gasteiger charge is -2.50. The largest absolute Gasteiger partial charge is 0.386 e. The quantitative estimate of drug-likeness (QED) is 0.779. The summed E-state index contributed by atoms with van der Waals surface area (Å²) in [5.41, 5.74) is -1.64. The Labute approximate surface area is 142 Å². The van der Waals surface area contributed by atoms with Crippen LogP contribution < -0.4 is 9.62 Å². The van der Waals surface area contributed by atoms with Gasteiger partial charge in [-0.2, -0.15) is 0 Å². The van der Waals surface area contributed by atoms with E-state index in [9.17, 15) is 13.5 Å². The zero-order chi connectivity index (χ0) is 17.4. The molecule has 2 aliphatic heterocycles. The van der Waals surface area contributed by atoms with Gasteiger partial charge in [0.05, 0.1) is 24.5 Å². The molecule has 24 heavy (non-hydrogen) atoms. The molecule has 0 unspecified atom stereocenters. The van der Waals surface area contributed by atoms with Crippen molar-refractivity contribution in [3.8, 4) is 0 Å². The highest BCUT2D eigenvalue weighted by Crippen LogP contribution is 2.39. The Morgan fingerprint density at radius 3 is 2.54 bits per heavy atom. The first kappa shape index (κ1) is 17.5. The van der Waals surface area contributed by atoms with Crippen molar-refractivity contribution in [2.24, 2.45) is 0 Å². The number of sulfonamides is 1. The van der Waals surface area contributed by atoms with Gasteiger partial charge in [0.1, 0.15) is 5.60 Å². The highest BCUT2D eigenvalue weighted by Gasteiger charge is 2.49. The number of rotatable bonds is 3. The highest BCUT2D eigenvalue weighted by atomic mass is 32.2. The molecule has 1 spiro atoms. The van der Waals surface area contributed by atoms with Crippen molar-refractivity contribution in [3.63, 3.8) is 0 Å². The standard InChI is InChI=1S/C15H24N4O4S/c1-14(20)11-23-15(10-12(14)18-24(2,21)22)4-8-19(9-5-15)13-16-6-3-7-17-13/h3,6-7,12,18,20H,4-5,8-11H2,1-2H3/t12-,14-/m0/s1. The molecule has 0 bridgehead atoms. The minimum Gasteiger partial charge on any atom is -0.386 e. The first-order chi connectivity index (χ1) is 11.2. The molecule has 0 amide bonds. The van der Waals surface area contributed by atoms with E-state index in [4.69, 9.17) is 4.74 Å². The van der Waals surface area contributed by atoms with Crippen LogP contribution in [0.25, 0.3) is 0 Å². The third kappa shape index (κ3) is 3.85. The maximum Gasteiger partial charge on any atom is 0.225 e. The molecule has 3 heterocycles. The number of aliphatic hydroxyl groups is 1. The molecular weight excluding hydrogens is 332 g/mol. The Balaban J connectivity index is 1.69. The molecular formula is C15H24N4O4S. The highest BCUT2D eigenvalue weighted by molar-refractivity contribution is 7.88. The van der Waals surface area contributed by atoms with Gasteiger partial charge in [-0.05, 0) is 32.3 Å². The predicted octanol–water partition coefficient (Wildman–Crippen LogP) is -0.0953. The summed E-state index contributed by atoms with van der Waals surface area (Å²) in [6.45, 7) is 3.19. The fourth-order valence-electron chi connectivity index (χ4n) is 3.39. The maximum absolute atomic E-state index is 11.6. The van der Waals surface area contributed by atoms with Gasteiger partial charge >= 0.3 is 0 Å². The lowest BCUT2D eigenvalue weighted by atomic mass is 9.78. The molecule has 0 aliphatic carbocycles. The summed E-state index contributed by atoms with van der Waals surface area (Å²) in [5, 5.41) is 10.5. The number of nitrogens with one attached hydrogen (secondary N) is 1. The minimum atomic E-state index is -3.40. The Hall–Kier alpha value is -1.29. The van der Waals surface area contributed by atoms with Gasteiger partial charge < -0.3 is 14.7 Å². The van der Waals surface area contributed by atoms with E-state index in [-0.39, 0.29) is 6.61 Å². The zero-order valence-corrected chi connectivity index (χ0v) is 14.8. The lowest BCUT2D eigenvalue weighted by molar-refractivity contribution is -0.181. The van der Waals surface area contributed by atoms with Gasteiger partial charge in [0.25, 0.3) is 0 Å². The summed E-state index contributed by atoms with van der Waals surface area (Å²) in [6.07, 6.45) is 6.48. The van der Waals surface area contributed by atoms with Crippen LogP contribution in [-0.4, -0.2) is 66.7 Å². The van der Waals surface area contributed by atoms with E-state index >= 15 is 0 Å². The molecule has 9 heteroatoms. The second kappa shape index (κ2) is 6.21. The van der Waals surface area contributed by atoms with Gasteiger partial charge in [-0.3, -0.25) is 0 Å². The maximum atomic E-state index is 11.6. The van der Waals surface area contributed by atoms with Crippen molar-refractivity contribution in [2.75, 3.05) is 30.9 Å². The third-order valence-corrected chi connectivity index (χ3v) is 5.58. The van der Waals surface area contributed by atoms with Gasteiger partial charge in [-0.15, -0.1) is 0 Å². The summed E-state index contributed by atoms with van der Waals surface area (Å²) in [4.78, 5) is 10.6. The average Bonchev–Trinajstić information content (AvgIpc) is 2.52. The lowest BCUT2D eigenvalue weighted by Crippen LogP contribution is -2.63. The second-order valence-electron chi connectivity index (χ2n) is 7.01. The monoisotopic (exact) mass is 356 g/mol. The molecule has 0 saturated carbocycles. The zero-order valence-electron chi connectivity index (χ0n) is 14.0. The van der Waals surface area contributed by atoms with Crippen molar-refractivity contribution in [1.82, 2.24) is 14.7 Å². The van der Waals surface area contributed by atoms with Crippen LogP contribution in [-0.2, 0) is 14.8 Å². The Morgan fingerprint density at radius 1 is 1.33 bits per heavy atom. The molecule has 3 rings (SSSR count). The van der Waals surface area contributed by atoms with Crippen molar-refractivity contribution >= 4 is 16.0 Å². The number of anilines is 1. The molecule has 1 aromatic rings. The molecule has 0 aromatic carbocycles. The molecule has 2 aliphatic rings. The molecule has 2 fully saturated rings. The molecule has 2 atom stereocenters. The van der Waals surface area contributed by atoms with Crippen molar-refractivity contribution in [1.29, 1.82) is 0 Å². The van der Waals surface area contributed by atoms with Crippen LogP contribution >= 0.6 is 0 Å². The molecule has 2 saturated heterocycles. The van der Waals surface area contributed by atoms with Crippen molar-refractivity contribution < 1.29 is 18.3 Å². The predicted molar refractivity (Wildman–Crippen MR) is 89.2 cm³/mol. The number of nitrogens with zero attached hydrogens (tertiary/aromatic N) is 3. The van der Waals surface area contributed by atoms with E-state index in [0.717, 1.165) is 32.2 Å². The van der Waals surface area contributed by atoms with Gasteiger partial charge in [-0.25, -0.2) is 23.1 Å². The number of hydrogen-bond acceptors (Lipinski definition) is 7. The smallest absolute Gasteiger partial charge is 0.225 e. The van der Waals surface area contributed by atoms with E-state index in [0.29, 0.717) is 12.4 Å². The SMILES string of the molecule is C[C@]1(O)COC2(CCN(c3ncccn3)CC2)C[C@@H]1NS(C)(=O)=O. The summed E-state index contributed by atoms with van der Waals surface area (Å²) in [5.74, 6) is 0.695. The van der Waals surface area contributed by atoms with Crippen LogP contribution in [0.1, 0.15) is 26.2 Å². The van der Waals surface area contributed by atoms with Crippen molar-refractivity contribution in [3.05, 3.63) is 18.5 Å². The van der Waals surface area contributed by atoms with E-state index < -0.39 is 27.3 Å². The summed E-state index contributed by atoms with van der Waals surface area (Å²) in [7, 11) is -3.40. The summed E-state index contributed by atoms with van der Waals surface area (Å²) >= 11 is 0. The van der Waals surface area contributed by atoms with Crippen LogP contribution in [0.3, 0.4) is 0 Å². The van der Waals surface area contributed by atoms with Crippen LogP contribution in [0.5, 0.6) is 0 Å². The second-order valence-corrected chi connectivity index (χ2v) is 8.79. The van der Waals surface area contributed by atoms with Crippen LogP contribution in [0.2, 0.25) is 0 Å². The topological polar surface area (TPSA) is 105 Å². The Kier molecular flexibility index (Phi) is 4.54. The Bertz CT molecular complexity index is 672. The molecule has 0 radical (unpaired) electrons. The first-order valence-corrected chi connectivity index (χ1v) is 9.94. The normalized spacial score (nSPS) is 30.5. The molecule has 1 aromatic heterocycles. The van der Waals surface area contributed by atoms with Crippen LogP contribution in [0.15, 0.2) is 18.5 Å². The Morgan fingerprint density at radius 2 is 1.96 bits per heavy atom. The van der Waals surface area contributed by atoms with E-state index in [1.807, 2.05) is 0 Å². The number of ether oxygens (including phenoxy) is 1. The average molecular weight is 356 g/mol. The molecule has 8 nitrogen and oxygen atoms in total. The molecule has 2 N–H and O–H groups in total. The van der Waals surface area contributed by atoms with Gasteiger partial charge in [0.15, 0.2) is 0 Å². The summed E-state index contributed by atoms with van der Waals surface area (Å²) < 4.78 is 31.8. The third-order valence-electron chi connectivity index (χ3n) is 4.86. The van der Waals surface area contributed by atoms with Crippen LogP contribution in [0, 0.1) is 0 Å². The fourth-order valence-corrected chi connectivity index (χ4v) is 4.25. The van der Waals surface area contributed by atoms with E-state index in [1.165, 1.54) is 0 Å².